The van der Waals surface area contributed by atoms with Gasteiger partial charge in [0.2, 0.25) is 0 Å². The van der Waals surface area contributed by atoms with Crippen LogP contribution in [0.3, 0.4) is 0 Å². The van der Waals surface area contributed by atoms with E-state index >= 15 is 0 Å². The summed E-state index contributed by atoms with van der Waals surface area (Å²) in [6, 6.07) is 0. The normalized spacial score (nSPS) is 10.6. The maximum Gasteiger partial charge on any atom is 0.417 e. The Morgan fingerprint density at radius 1 is 0.480 bits per heavy atom. The minimum atomic E-state index is -0.848. The van der Waals surface area contributed by atoms with Crippen LogP contribution in [0.4, 0.5) is 0 Å². The molecule has 0 spiro atoms. The van der Waals surface area contributed by atoms with Crippen molar-refractivity contribution < 1.29 is 19.1 Å². The van der Waals surface area contributed by atoms with Crippen molar-refractivity contribution in [1.82, 2.24) is 0 Å². The number of carbonyl (C=O) groups is 2. The average molecular weight is 357 g/mol. The predicted molar refractivity (Wildman–Crippen MR) is 103 cm³/mol. The van der Waals surface area contributed by atoms with Gasteiger partial charge in [0.25, 0.3) is 0 Å². The molecule has 4 nitrogen and oxygen atoms in total. The molecule has 25 heavy (non-hydrogen) atoms. The van der Waals surface area contributed by atoms with Gasteiger partial charge in [-0.2, -0.15) is 0 Å². The van der Waals surface area contributed by atoms with Crippen LogP contribution in [-0.2, 0) is 19.1 Å². The lowest BCUT2D eigenvalue weighted by Gasteiger charge is -2.06. The van der Waals surface area contributed by atoms with Crippen molar-refractivity contribution in [2.24, 2.45) is 0 Å². The average Bonchev–Trinajstić information content (AvgIpc) is 2.62. The first kappa shape index (κ1) is 23.9. The SMILES string of the molecule is CCCCCCCCCCCCCOC(=O)C(=O)OCCCCCC. The smallest absolute Gasteiger partial charge is 0.417 e. The summed E-state index contributed by atoms with van der Waals surface area (Å²) in [6.07, 6.45) is 17.8. The van der Waals surface area contributed by atoms with Crippen molar-refractivity contribution in [3.8, 4) is 0 Å². The second kappa shape index (κ2) is 19.3. The Bertz CT molecular complexity index is 315. The Morgan fingerprint density at radius 3 is 1.12 bits per heavy atom. The highest BCUT2D eigenvalue weighted by Gasteiger charge is 2.16. The van der Waals surface area contributed by atoms with Crippen LogP contribution in [-0.4, -0.2) is 25.2 Å². The number of hydrogen-bond donors (Lipinski definition) is 0. The monoisotopic (exact) mass is 356 g/mol. The molecule has 0 unspecified atom stereocenters. The largest absolute Gasteiger partial charge is 0.457 e. The van der Waals surface area contributed by atoms with Crippen LogP contribution in [0.25, 0.3) is 0 Å². The molecule has 0 rings (SSSR count). The van der Waals surface area contributed by atoms with Crippen LogP contribution in [0.1, 0.15) is 110 Å². The van der Waals surface area contributed by atoms with Crippen LogP contribution in [0.5, 0.6) is 0 Å². The number of unbranched alkanes of at least 4 members (excludes halogenated alkanes) is 13. The number of esters is 2. The van der Waals surface area contributed by atoms with Gasteiger partial charge in [0.1, 0.15) is 0 Å². The summed E-state index contributed by atoms with van der Waals surface area (Å²) in [5, 5.41) is 0. The zero-order valence-electron chi connectivity index (χ0n) is 16.7. The van der Waals surface area contributed by atoms with E-state index in [1.165, 1.54) is 57.8 Å². The summed E-state index contributed by atoms with van der Waals surface area (Å²) >= 11 is 0. The molecule has 0 bridgehead atoms. The molecule has 0 atom stereocenters. The first-order valence-corrected chi connectivity index (χ1v) is 10.6. The highest BCUT2D eigenvalue weighted by molar-refractivity contribution is 6.29. The second-order valence-corrected chi connectivity index (χ2v) is 6.87. The molecule has 148 valence electrons. The van der Waals surface area contributed by atoms with Gasteiger partial charge in [-0.05, 0) is 12.8 Å². The van der Waals surface area contributed by atoms with Gasteiger partial charge in [-0.3, -0.25) is 0 Å². The van der Waals surface area contributed by atoms with E-state index in [2.05, 4.69) is 13.8 Å². The summed E-state index contributed by atoms with van der Waals surface area (Å²) in [7, 11) is 0. The van der Waals surface area contributed by atoms with Gasteiger partial charge in [-0.15, -0.1) is 0 Å². The maximum atomic E-state index is 11.4. The summed E-state index contributed by atoms with van der Waals surface area (Å²) in [5.41, 5.74) is 0. The Kier molecular flexibility index (Phi) is 18.5. The van der Waals surface area contributed by atoms with E-state index in [0.29, 0.717) is 13.2 Å². The highest BCUT2D eigenvalue weighted by atomic mass is 16.6. The predicted octanol–water partition coefficient (Wildman–Crippen LogP) is 5.96. The molecule has 0 aromatic heterocycles. The molecule has 0 N–H and O–H groups in total. The zero-order valence-corrected chi connectivity index (χ0v) is 16.7. The minimum absolute atomic E-state index is 0.312. The Labute approximate surface area is 155 Å². The molecule has 0 saturated heterocycles. The molecule has 0 aromatic carbocycles. The lowest BCUT2D eigenvalue weighted by molar-refractivity contribution is -0.167. The van der Waals surface area contributed by atoms with Crippen molar-refractivity contribution in [2.75, 3.05) is 13.2 Å². The van der Waals surface area contributed by atoms with Crippen molar-refractivity contribution in [3.63, 3.8) is 0 Å². The summed E-state index contributed by atoms with van der Waals surface area (Å²) in [6.45, 7) is 5.00. The van der Waals surface area contributed by atoms with Crippen LogP contribution < -0.4 is 0 Å². The molecule has 0 aliphatic carbocycles. The fraction of sp³-hybridized carbons (Fsp3) is 0.905. The van der Waals surface area contributed by atoms with Crippen molar-refractivity contribution in [3.05, 3.63) is 0 Å². The fourth-order valence-electron chi connectivity index (χ4n) is 2.74. The molecule has 4 heteroatoms. The van der Waals surface area contributed by atoms with Crippen molar-refractivity contribution in [2.45, 2.75) is 110 Å². The lowest BCUT2D eigenvalue weighted by Crippen LogP contribution is -2.21. The molecule has 0 radical (unpaired) electrons. The molecule has 0 aromatic rings. The fourth-order valence-corrected chi connectivity index (χ4v) is 2.74. The number of ether oxygens (including phenoxy) is 2. The highest BCUT2D eigenvalue weighted by Crippen LogP contribution is 2.11. The third-order valence-electron chi connectivity index (χ3n) is 4.38. The van der Waals surface area contributed by atoms with Gasteiger partial charge in [-0.25, -0.2) is 9.59 Å². The molecular weight excluding hydrogens is 316 g/mol. The van der Waals surface area contributed by atoms with Crippen LogP contribution in [0.2, 0.25) is 0 Å². The Balaban J connectivity index is 3.30. The van der Waals surface area contributed by atoms with Gasteiger partial charge in [0.05, 0.1) is 13.2 Å². The van der Waals surface area contributed by atoms with E-state index in [4.69, 9.17) is 9.47 Å². The molecule has 0 aliphatic rings. The van der Waals surface area contributed by atoms with Gasteiger partial charge in [-0.1, -0.05) is 97.3 Å². The molecule has 0 aliphatic heterocycles. The number of rotatable bonds is 17. The van der Waals surface area contributed by atoms with Gasteiger partial charge in [0.15, 0.2) is 0 Å². The molecule has 0 fully saturated rings. The van der Waals surface area contributed by atoms with Crippen molar-refractivity contribution in [1.29, 1.82) is 0 Å². The zero-order chi connectivity index (χ0) is 18.6. The summed E-state index contributed by atoms with van der Waals surface area (Å²) < 4.78 is 9.85. The Morgan fingerprint density at radius 2 is 0.760 bits per heavy atom. The van der Waals surface area contributed by atoms with E-state index in [0.717, 1.165) is 38.5 Å². The summed E-state index contributed by atoms with van der Waals surface area (Å²) in [4.78, 5) is 22.9. The third kappa shape index (κ3) is 17.6. The molecule has 0 amide bonds. The first-order chi connectivity index (χ1) is 12.2. The minimum Gasteiger partial charge on any atom is -0.457 e. The number of hydrogen-bond acceptors (Lipinski definition) is 4. The Hall–Kier alpha value is -1.06. The maximum absolute atomic E-state index is 11.4. The molecular formula is C21H40O4. The van der Waals surface area contributed by atoms with E-state index in [1.54, 1.807) is 0 Å². The summed E-state index contributed by atoms with van der Waals surface area (Å²) in [5.74, 6) is -1.69. The second-order valence-electron chi connectivity index (χ2n) is 6.87. The van der Waals surface area contributed by atoms with Gasteiger partial charge >= 0.3 is 11.9 Å². The molecule has 0 heterocycles. The van der Waals surface area contributed by atoms with E-state index < -0.39 is 11.9 Å². The lowest BCUT2D eigenvalue weighted by atomic mass is 10.1. The van der Waals surface area contributed by atoms with E-state index in [-0.39, 0.29) is 0 Å². The van der Waals surface area contributed by atoms with E-state index in [9.17, 15) is 9.59 Å². The standard InChI is InChI=1S/C21H40O4/c1-3-5-7-9-10-11-12-13-14-15-17-19-25-21(23)20(22)24-18-16-8-6-4-2/h3-19H2,1-2H3. The van der Waals surface area contributed by atoms with Crippen molar-refractivity contribution >= 4 is 11.9 Å². The van der Waals surface area contributed by atoms with Gasteiger partial charge < -0.3 is 9.47 Å². The van der Waals surface area contributed by atoms with Crippen LogP contribution >= 0.6 is 0 Å². The number of carbonyl (C=O) groups excluding carboxylic acids is 2. The van der Waals surface area contributed by atoms with E-state index in [1.807, 2.05) is 0 Å². The topological polar surface area (TPSA) is 52.6 Å². The third-order valence-corrected chi connectivity index (χ3v) is 4.38. The molecule has 0 saturated carbocycles. The van der Waals surface area contributed by atoms with Crippen LogP contribution in [0.15, 0.2) is 0 Å². The van der Waals surface area contributed by atoms with Crippen LogP contribution in [0, 0.1) is 0 Å². The van der Waals surface area contributed by atoms with Gasteiger partial charge in [0, 0.05) is 0 Å². The first-order valence-electron chi connectivity index (χ1n) is 10.6. The quantitative estimate of drug-likeness (QED) is 0.183.